The summed E-state index contributed by atoms with van der Waals surface area (Å²) in [5.74, 6) is 1.83. The molecule has 0 radical (unpaired) electrons. The second kappa shape index (κ2) is 6.39. The lowest BCUT2D eigenvalue weighted by atomic mass is 10.0. The Morgan fingerprint density at radius 2 is 1.95 bits per heavy atom. The molecule has 0 amide bonds. The minimum absolute atomic E-state index is 0.412. The van der Waals surface area contributed by atoms with Crippen molar-refractivity contribution in [3.8, 4) is 5.88 Å². The van der Waals surface area contributed by atoms with E-state index in [1.807, 2.05) is 19.2 Å². The first-order chi connectivity index (χ1) is 10.7. The van der Waals surface area contributed by atoms with Crippen molar-refractivity contribution in [2.75, 3.05) is 12.4 Å². The molecule has 0 atom stereocenters. The van der Waals surface area contributed by atoms with E-state index in [0.29, 0.717) is 24.3 Å². The normalized spacial score (nSPS) is 14.2. The summed E-state index contributed by atoms with van der Waals surface area (Å²) >= 11 is 0. The van der Waals surface area contributed by atoms with Crippen LogP contribution in [0.5, 0.6) is 5.88 Å². The number of hydrogen-bond acceptors (Lipinski definition) is 3. The van der Waals surface area contributed by atoms with Crippen LogP contribution >= 0.6 is 0 Å². The van der Waals surface area contributed by atoms with Crippen LogP contribution in [-0.2, 0) is 6.61 Å². The minimum Gasteiger partial charge on any atom is -0.473 e. The van der Waals surface area contributed by atoms with Crippen LogP contribution in [-0.4, -0.2) is 12.0 Å². The molecule has 1 N–H and O–H groups in total. The van der Waals surface area contributed by atoms with Crippen molar-refractivity contribution in [1.82, 2.24) is 4.98 Å². The van der Waals surface area contributed by atoms with E-state index >= 15 is 0 Å². The Balaban J connectivity index is 1.80. The molecule has 1 heterocycles. The molecule has 3 rings (SSSR count). The molecule has 1 aromatic heterocycles. The molecule has 1 fully saturated rings. The second-order valence-electron chi connectivity index (χ2n) is 6.24. The summed E-state index contributed by atoms with van der Waals surface area (Å²) in [4.78, 5) is 4.59. The molecule has 116 valence electrons. The number of benzene rings is 1. The fourth-order valence-electron chi connectivity index (χ4n) is 2.76. The third kappa shape index (κ3) is 3.24. The average Bonchev–Trinajstić information content (AvgIpc) is 3.37. The van der Waals surface area contributed by atoms with E-state index in [-0.39, 0.29) is 0 Å². The van der Waals surface area contributed by atoms with Gasteiger partial charge in [0.15, 0.2) is 0 Å². The maximum atomic E-state index is 5.99. The van der Waals surface area contributed by atoms with Gasteiger partial charge in [-0.15, -0.1) is 0 Å². The molecular weight excluding hydrogens is 272 g/mol. The molecule has 2 aromatic rings. The van der Waals surface area contributed by atoms with Gasteiger partial charge < -0.3 is 10.1 Å². The van der Waals surface area contributed by atoms with Crippen LogP contribution in [0.1, 0.15) is 55.3 Å². The fourth-order valence-corrected chi connectivity index (χ4v) is 2.76. The smallest absolute Gasteiger partial charge is 0.213 e. The van der Waals surface area contributed by atoms with Gasteiger partial charge in [0.05, 0.1) is 0 Å². The van der Waals surface area contributed by atoms with Gasteiger partial charge in [-0.3, -0.25) is 0 Å². The van der Waals surface area contributed by atoms with E-state index in [4.69, 9.17) is 4.74 Å². The van der Waals surface area contributed by atoms with Gasteiger partial charge in [0.1, 0.15) is 6.61 Å². The topological polar surface area (TPSA) is 34.1 Å². The molecule has 1 aromatic carbocycles. The Labute approximate surface area is 132 Å². The zero-order valence-corrected chi connectivity index (χ0v) is 13.6. The molecule has 1 aliphatic rings. The van der Waals surface area contributed by atoms with Crippen molar-refractivity contribution in [2.45, 2.75) is 45.1 Å². The lowest BCUT2D eigenvalue weighted by Gasteiger charge is -2.15. The Kier molecular flexibility index (Phi) is 4.32. The number of pyridine rings is 1. The van der Waals surface area contributed by atoms with Gasteiger partial charge >= 0.3 is 0 Å². The van der Waals surface area contributed by atoms with Crippen LogP contribution in [0.15, 0.2) is 36.4 Å². The summed E-state index contributed by atoms with van der Waals surface area (Å²) in [6.45, 7) is 4.86. The van der Waals surface area contributed by atoms with E-state index in [1.54, 1.807) is 0 Å². The molecule has 3 heteroatoms. The zero-order chi connectivity index (χ0) is 15.5. The molecule has 0 spiro atoms. The Hall–Kier alpha value is -2.03. The molecule has 1 saturated carbocycles. The Morgan fingerprint density at radius 1 is 1.18 bits per heavy atom. The van der Waals surface area contributed by atoms with E-state index in [1.165, 1.54) is 24.0 Å². The van der Waals surface area contributed by atoms with Crippen molar-refractivity contribution in [1.29, 1.82) is 0 Å². The zero-order valence-electron chi connectivity index (χ0n) is 13.6. The van der Waals surface area contributed by atoms with Crippen molar-refractivity contribution in [2.24, 2.45) is 0 Å². The first kappa shape index (κ1) is 14.9. The van der Waals surface area contributed by atoms with Crippen LogP contribution in [0.2, 0.25) is 0 Å². The Morgan fingerprint density at radius 3 is 2.64 bits per heavy atom. The molecule has 1 aliphatic carbocycles. The van der Waals surface area contributed by atoms with Crippen LogP contribution in [0.3, 0.4) is 0 Å². The standard InChI is InChI=1S/C19H24N2O/c1-13(2)17-7-5-9-19(21-17)22-12-16-15(14-10-11-14)6-4-8-18(16)20-3/h4-9,13-14,20H,10-12H2,1-3H3. The lowest BCUT2D eigenvalue weighted by molar-refractivity contribution is 0.292. The molecule has 0 unspecified atom stereocenters. The van der Waals surface area contributed by atoms with E-state index in [2.05, 4.69) is 48.4 Å². The molecule has 22 heavy (non-hydrogen) atoms. The maximum Gasteiger partial charge on any atom is 0.213 e. The van der Waals surface area contributed by atoms with E-state index < -0.39 is 0 Å². The molecule has 0 aliphatic heterocycles. The number of hydrogen-bond donors (Lipinski definition) is 1. The van der Waals surface area contributed by atoms with Gasteiger partial charge in [-0.2, -0.15) is 0 Å². The van der Waals surface area contributed by atoms with Crippen molar-refractivity contribution in [3.05, 3.63) is 53.2 Å². The lowest BCUT2D eigenvalue weighted by Crippen LogP contribution is -2.05. The van der Waals surface area contributed by atoms with Crippen molar-refractivity contribution >= 4 is 5.69 Å². The summed E-state index contributed by atoms with van der Waals surface area (Å²) in [5, 5.41) is 3.28. The van der Waals surface area contributed by atoms with Crippen LogP contribution in [0, 0.1) is 0 Å². The highest BCUT2D eigenvalue weighted by Crippen LogP contribution is 2.43. The fraction of sp³-hybridized carbons (Fsp3) is 0.421. The molecule has 0 bridgehead atoms. The molecule has 0 saturated heterocycles. The van der Waals surface area contributed by atoms with Gasteiger partial charge in [0.2, 0.25) is 5.88 Å². The quantitative estimate of drug-likeness (QED) is 0.838. The van der Waals surface area contributed by atoms with Crippen LogP contribution in [0.4, 0.5) is 5.69 Å². The Bertz CT molecular complexity index is 648. The predicted molar refractivity (Wildman–Crippen MR) is 90.6 cm³/mol. The van der Waals surface area contributed by atoms with Crippen LogP contribution in [0.25, 0.3) is 0 Å². The number of rotatable bonds is 6. The molecular formula is C19H24N2O. The number of nitrogens with zero attached hydrogens (tertiary/aromatic N) is 1. The van der Waals surface area contributed by atoms with Gasteiger partial charge in [-0.1, -0.05) is 32.0 Å². The highest BCUT2D eigenvalue weighted by Gasteiger charge is 2.27. The summed E-state index contributed by atoms with van der Waals surface area (Å²) in [6.07, 6.45) is 2.59. The van der Waals surface area contributed by atoms with Gasteiger partial charge in [0.25, 0.3) is 0 Å². The first-order valence-corrected chi connectivity index (χ1v) is 8.08. The first-order valence-electron chi connectivity index (χ1n) is 8.08. The summed E-state index contributed by atoms with van der Waals surface area (Å²) in [7, 11) is 1.97. The SMILES string of the molecule is CNc1cccc(C2CC2)c1COc1cccc(C(C)C)n1. The van der Waals surface area contributed by atoms with Crippen molar-refractivity contribution in [3.63, 3.8) is 0 Å². The largest absolute Gasteiger partial charge is 0.473 e. The monoisotopic (exact) mass is 296 g/mol. The van der Waals surface area contributed by atoms with Crippen LogP contribution < -0.4 is 10.1 Å². The summed E-state index contributed by atoms with van der Waals surface area (Å²) in [5.41, 5.74) is 4.92. The minimum atomic E-state index is 0.412. The number of anilines is 1. The van der Waals surface area contributed by atoms with Gasteiger partial charge in [0, 0.05) is 30.1 Å². The highest BCUT2D eigenvalue weighted by molar-refractivity contribution is 5.55. The summed E-state index contributed by atoms with van der Waals surface area (Å²) < 4.78 is 5.99. The highest BCUT2D eigenvalue weighted by atomic mass is 16.5. The van der Waals surface area contributed by atoms with E-state index in [9.17, 15) is 0 Å². The number of ether oxygens (including phenoxy) is 1. The molecule has 3 nitrogen and oxygen atoms in total. The average molecular weight is 296 g/mol. The van der Waals surface area contributed by atoms with Gasteiger partial charge in [-0.05, 0) is 42.4 Å². The third-order valence-electron chi connectivity index (χ3n) is 4.20. The van der Waals surface area contributed by atoms with Crippen molar-refractivity contribution < 1.29 is 4.74 Å². The maximum absolute atomic E-state index is 5.99. The number of aromatic nitrogens is 1. The third-order valence-corrected chi connectivity index (χ3v) is 4.20. The predicted octanol–water partition coefficient (Wildman–Crippen LogP) is 4.70. The summed E-state index contributed by atoms with van der Waals surface area (Å²) in [6, 6.07) is 12.5. The second-order valence-corrected chi connectivity index (χ2v) is 6.24. The van der Waals surface area contributed by atoms with Gasteiger partial charge in [-0.25, -0.2) is 4.98 Å². The van der Waals surface area contributed by atoms with E-state index in [0.717, 1.165) is 11.4 Å². The number of nitrogens with one attached hydrogen (secondary N) is 1.